The predicted molar refractivity (Wildman–Crippen MR) is 78.5 cm³/mol. The zero-order valence-corrected chi connectivity index (χ0v) is 12.2. The van der Waals surface area contributed by atoms with Crippen molar-refractivity contribution in [2.75, 3.05) is 5.75 Å². The molecule has 1 heterocycles. The molecule has 0 spiro atoms. The summed E-state index contributed by atoms with van der Waals surface area (Å²) in [6.45, 7) is 4.06. The number of benzene rings is 1. The summed E-state index contributed by atoms with van der Waals surface area (Å²) in [6.07, 6.45) is 0.307. The third-order valence-electron chi connectivity index (χ3n) is 2.57. The molecule has 2 rings (SSSR count). The van der Waals surface area contributed by atoms with Gasteiger partial charge in [0.05, 0.1) is 16.8 Å². The third-order valence-corrected chi connectivity index (χ3v) is 4.55. The highest BCUT2D eigenvalue weighted by atomic mass is 32.2. The van der Waals surface area contributed by atoms with Gasteiger partial charge in [0, 0.05) is 22.4 Å². The van der Waals surface area contributed by atoms with Gasteiger partial charge in [0.15, 0.2) is 0 Å². The van der Waals surface area contributed by atoms with Gasteiger partial charge >= 0.3 is 0 Å². The van der Waals surface area contributed by atoms with Gasteiger partial charge in [-0.3, -0.25) is 0 Å². The minimum absolute atomic E-state index is 0.335. The molecule has 0 bridgehead atoms. The number of rotatable bonds is 5. The number of aryl methyl sites for hydroxylation is 2. The standard InChI is InChI=1S/C14H17NOS2/c1-10-3-5-14(6-4-10)18-9-13(16)7-12-8-17-11(2)15-12/h3-6,8,13,16H,7,9H2,1-2H3. The third kappa shape index (κ3) is 4.12. The van der Waals surface area contributed by atoms with Gasteiger partial charge in [-0.05, 0) is 26.0 Å². The lowest BCUT2D eigenvalue weighted by Gasteiger charge is -2.08. The molecule has 1 aromatic carbocycles. The number of aromatic nitrogens is 1. The zero-order valence-electron chi connectivity index (χ0n) is 10.6. The Balaban J connectivity index is 1.81. The molecule has 1 aromatic heterocycles. The topological polar surface area (TPSA) is 33.1 Å². The molecule has 4 heteroatoms. The number of hydrogen-bond acceptors (Lipinski definition) is 4. The summed E-state index contributed by atoms with van der Waals surface area (Å²) in [5, 5.41) is 13.1. The molecular weight excluding hydrogens is 262 g/mol. The van der Waals surface area contributed by atoms with Crippen molar-refractivity contribution in [2.45, 2.75) is 31.3 Å². The van der Waals surface area contributed by atoms with Crippen LogP contribution in [0.2, 0.25) is 0 Å². The van der Waals surface area contributed by atoms with Crippen LogP contribution in [0.4, 0.5) is 0 Å². The van der Waals surface area contributed by atoms with Gasteiger partial charge in [-0.15, -0.1) is 23.1 Å². The maximum atomic E-state index is 9.97. The molecule has 1 unspecified atom stereocenters. The van der Waals surface area contributed by atoms with Crippen molar-refractivity contribution >= 4 is 23.1 Å². The number of aliphatic hydroxyl groups excluding tert-OH is 1. The number of thioether (sulfide) groups is 1. The highest BCUT2D eigenvalue weighted by Gasteiger charge is 2.08. The van der Waals surface area contributed by atoms with Crippen LogP contribution in [0.1, 0.15) is 16.3 Å². The van der Waals surface area contributed by atoms with Crippen molar-refractivity contribution in [3.05, 3.63) is 45.9 Å². The van der Waals surface area contributed by atoms with E-state index in [2.05, 4.69) is 36.2 Å². The van der Waals surface area contributed by atoms with Gasteiger partial charge in [-0.1, -0.05) is 17.7 Å². The largest absolute Gasteiger partial charge is 0.392 e. The molecule has 0 fully saturated rings. The van der Waals surface area contributed by atoms with Crippen LogP contribution >= 0.6 is 23.1 Å². The molecule has 18 heavy (non-hydrogen) atoms. The Bertz CT molecular complexity index is 493. The van der Waals surface area contributed by atoms with E-state index >= 15 is 0 Å². The van der Waals surface area contributed by atoms with Gasteiger partial charge in [0.1, 0.15) is 0 Å². The zero-order chi connectivity index (χ0) is 13.0. The van der Waals surface area contributed by atoms with E-state index in [1.165, 1.54) is 10.5 Å². The lowest BCUT2D eigenvalue weighted by Crippen LogP contribution is -2.13. The van der Waals surface area contributed by atoms with Crippen molar-refractivity contribution in [1.82, 2.24) is 4.98 Å². The Kier molecular flexibility index (Phi) is 4.80. The van der Waals surface area contributed by atoms with Crippen molar-refractivity contribution in [3.63, 3.8) is 0 Å². The van der Waals surface area contributed by atoms with Crippen LogP contribution in [-0.2, 0) is 6.42 Å². The van der Waals surface area contributed by atoms with Gasteiger partial charge < -0.3 is 5.11 Å². The van der Waals surface area contributed by atoms with Gasteiger partial charge in [-0.25, -0.2) is 4.98 Å². The summed E-state index contributed by atoms with van der Waals surface area (Å²) in [5.41, 5.74) is 2.26. The van der Waals surface area contributed by atoms with Gasteiger partial charge in [0.25, 0.3) is 0 Å². The van der Waals surface area contributed by atoms with Gasteiger partial charge in [0.2, 0.25) is 0 Å². The Labute approximate surface area is 116 Å². The fourth-order valence-electron chi connectivity index (χ4n) is 1.63. The first-order valence-electron chi connectivity index (χ1n) is 5.92. The minimum Gasteiger partial charge on any atom is -0.392 e. The molecule has 2 nitrogen and oxygen atoms in total. The summed E-state index contributed by atoms with van der Waals surface area (Å²) in [7, 11) is 0. The predicted octanol–water partition coefficient (Wildman–Crippen LogP) is 3.46. The second-order valence-corrected chi connectivity index (χ2v) is 6.50. The van der Waals surface area contributed by atoms with Crippen LogP contribution in [-0.4, -0.2) is 21.9 Å². The summed E-state index contributed by atoms with van der Waals surface area (Å²) < 4.78 is 0. The monoisotopic (exact) mass is 279 g/mol. The average Bonchev–Trinajstić information content (AvgIpc) is 2.74. The first-order valence-corrected chi connectivity index (χ1v) is 7.78. The normalized spacial score (nSPS) is 12.6. The summed E-state index contributed by atoms with van der Waals surface area (Å²) >= 11 is 3.32. The SMILES string of the molecule is Cc1ccc(SCC(O)Cc2csc(C)n2)cc1. The number of thiazole rings is 1. The fourth-order valence-corrected chi connectivity index (χ4v) is 3.09. The second kappa shape index (κ2) is 6.36. The Morgan fingerprint density at radius 2 is 2.00 bits per heavy atom. The molecule has 0 saturated carbocycles. The van der Waals surface area contributed by atoms with E-state index in [4.69, 9.17) is 0 Å². The van der Waals surface area contributed by atoms with Crippen LogP contribution < -0.4 is 0 Å². The van der Waals surface area contributed by atoms with Crippen molar-refractivity contribution in [3.8, 4) is 0 Å². The summed E-state index contributed by atoms with van der Waals surface area (Å²) in [6, 6.07) is 8.39. The molecule has 0 radical (unpaired) electrons. The van der Waals surface area contributed by atoms with E-state index in [0.29, 0.717) is 12.2 Å². The van der Waals surface area contributed by atoms with Crippen LogP contribution in [0.25, 0.3) is 0 Å². The Morgan fingerprint density at radius 1 is 1.28 bits per heavy atom. The van der Waals surface area contributed by atoms with E-state index in [-0.39, 0.29) is 6.10 Å². The van der Waals surface area contributed by atoms with Crippen LogP contribution in [0.3, 0.4) is 0 Å². The number of nitrogens with zero attached hydrogens (tertiary/aromatic N) is 1. The quantitative estimate of drug-likeness (QED) is 0.851. The molecule has 1 N–H and O–H groups in total. The van der Waals surface area contributed by atoms with Crippen LogP contribution in [0.5, 0.6) is 0 Å². The van der Waals surface area contributed by atoms with E-state index in [1.807, 2.05) is 12.3 Å². The van der Waals surface area contributed by atoms with Crippen molar-refractivity contribution < 1.29 is 5.11 Å². The Hall–Kier alpha value is -0.840. The van der Waals surface area contributed by atoms with Gasteiger partial charge in [-0.2, -0.15) is 0 Å². The maximum Gasteiger partial charge on any atom is 0.0897 e. The summed E-state index contributed by atoms with van der Waals surface area (Å²) in [5.74, 6) is 0.708. The Morgan fingerprint density at radius 3 is 2.61 bits per heavy atom. The average molecular weight is 279 g/mol. The first-order chi connectivity index (χ1) is 8.63. The fraction of sp³-hybridized carbons (Fsp3) is 0.357. The van der Waals surface area contributed by atoms with Crippen LogP contribution in [0, 0.1) is 13.8 Å². The molecular formula is C14H17NOS2. The molecule has 1 atom stereocenters. The smallest absolute Gasteiger partial charge is 0.0897 e. The highest BCUT2D eigenvalue weighted by Crippen LogP contribution is 2.20. The summed E-state index contributed by atoms with van der Waals surface area (Å²) in [4.78, 5) is 5.57. The molecule has 0 amide bonds. The number of hydrogen-bond donors (Lipinski definition) is 1. The van der Waals surface area contributed by atoms with E-state index < -0.39 is 0 Å². The second-order valence-electron chi connectivity index (χ2n) is 4.34. The van der Waals surface area contributed by atoms with Crippen LogP contribution in [0.15, 0.2) is 34.5 Å². The molecule has 2 aromatic rings. The first kappa shape index (κ1) is 13.6. The molecule has 96 valence electrons. The lowest BCUT2D eigenvalue weighted by molar-refractivity contribution is 0.199. The van der Waals surface area contributed by atoms with Crippen molar-refractivity contribution in [2.24, 2.45) is 0 Å². The highest BCUT2D eigenvalue weighted by molar-refractivity contribution is 7.99. The lowest BCUT2D eigenvalue weighted by atomic mass is 10.2. The van der Waals surface area contributed by atoms with E-state index in [1.54, 1.807) is 23.1 Å². The molecule has 0 saturated heterocycles. The molecule has 0 aliphatic heterocycles. The van der Waals surface area contributed by atoms with E-state index in [9.17, 15) is 5.11 Å². The molecule has 0 aliphatic rings. The van der Waals surface area contributed by atoms with Crippen molar-refractivity contribution in [1.29, 1.82) is 0 Å². The maximum absolute atomic E-state index is 9.97. The number of aliphatic hydroxyl groups is 1. The van der Waals surface area contributed by atoms with E-state index in [0.717, 1.165) is 10.7 Å². The minimum atomic E-state index is -0.335. The molecule has 0 aliphatic carbocycles.